The molecule has 1 heterocycles. The zero-order chi connectivity index (χ0) is 16.1. The van der Waals surface area contributed by atoms with E-state index in [1.165, 1.54) is 0 Å². The van der Waals surface area contributed by atoms with Gasteiger partial charge in [-0.15, -0.1) is 0 Å². The van der Waals surface area contributed by atoms with E-state index in [1.54, 1.807) is 7.11 Å². The van der Waals surface area contributed by atoms with E-state index in [4.69, 9.17) is 21.3 Å². The number of halogens is 1. The third-order valence-electron chi connectivity index (χ3n) is 5.21. The summed E-state index contributed by atoms with van der Waals surface area (Å²) in [5.41, 5.74) is 2.20. The van der Waals surface area contributed by atoms with Gasteiger partial charge in [0.25, 0.3) is 0 Å². The first-order chi connectivity index (χ1) is 10.4. The molecule has 1 aromatic carbocycles. The van der Waals surface area contributed by atoms with E-state index in [0.29, 0.717) is 18.1 Å². The van der Waals surface area contributed by atoms with Crippen LogP contribution >= 0.6 is 11.6 Å². The predicted molar refractivity (Wildman–Crippen MR) is 90.1 cm³/mol. The summed E-state index contributed by atoms with van der Waals surface area (Å²) in [7, 11) is 3.84. The second kappa shape index (κ2) is 5.52. The number of methoxy groups -OCH3 is 1. The Morgan fingerprint density at radius 1 is 1.41 bits per heavy atom. The van der Waals surface area contributed by atoms with Gasteiger partial charge >= 0.3 is 0 Å². The highest BCUT2D eigenvalue weighted by atomic mass is 35.5. The van der Waals surface area contributed by atoms with Crippen LogP contribution in [0.15, 0.2) is 18.2 Å². The van der Waals surface area contributed by atoms with Crippen LogP contribution in [-0.2, 0) is 18.3 Å². The van der Waals surface area contributed by atoms with E-state index in [1.807, 2.05) is 25.2 Å². The minimum Gasteiger partial charge on any atom is -0.380 e. The van der Waals surface area contributed by atoms with Gasteiger partial charge in [-0.2, -0.15) is 0 Å². The SMILES string of the molecule is CO[C@@H]1[C@H](C)[C@H](NCc2nc3ccc(Cl)cc3n2C)C1(C)C. The number of imidazole rings is 1. The molecular weight excluding hydrogens is 298 g/mol. The summed E-state index contributed by atoms with van der Waals surface area (Å²) in [6.07, 6.45) is 0.309. The molecule has 120 valence electrons. The first-order valence-electron chi connectivity index (χ1n) is 7.73. The average molecular weight is 322 g/mol. The van der Waals surface area contributed by atoms with Crippen LogP contribution in [0.1, 0.15) is 26.6 Å². The molecule has 3 rings (SSSR count). The van der Waals surface area contributed by atoms with Crippen LogP contribution in [0.5, 0.6) is 0 Å². The number of nitrogens with zero attached hydrogens (tertiary/aromatic N) is 2. The standard InChI is InChI=1S/C17H24ClN3O/c1-10-15(17(2,3)16(10)22-5)19-9-14-20-12-7-6-11(18)8-13(12)21(14)4/h6-8,10,15-16,19H,9H2,1-5H3/t10-,15+,16-/m1/s1. The van der Waals surface area contributed by atoms with Crippen molar-refractivity contribution in [1.82, 2.24) is 14.9 Å². The van der Waals surface area contributed by atoms with Crippen LogP contribution < -0.4 is 5.32 Å². The van der Waals surface area contributed by atoms with Gasteiger partial charge in [-0.05, 0) is 24.1 Å². The van der Waals surface area contributed by atoms with Crippen molar-refractivity contribution in [3.63, 3.8) is 0 Å². The van der Waals surface area contributed by atoms with Crippen molar-refractivity contribution >= 4 is 22.6 Å². The first kappa shape index (κ1) is 15.8. The fourth-order valence-corrected chi connectivity index (χ4v) is 4.29. The van der Waals surface area contributed by atoms with Gasteiger partial charge in [-0.3, -0.25) is 0 Å². The minimum atomic E-state index is 0.141. The van der Waals surface area contributed by atoms with E-state index >= 15 is 0 Å². The van der Waals surface area contributed by atoms with Crippen molar-refractivity contribution in [2.45, 2.75) is 39.5 Å². The summed E-state index contributed by atoms with van der Waals surface area (Å²) in [6, 6.07) is 6.25. The predicted octanol–water partition coefficient (Wildman–Crippen LogP) is 3.38. The van der Waals surface area contributed by atoms with E-state index < -0.39 is 0 Å². The van der Waals surface area contributed by atoms with Crippen molar-refractivity contribution in [3.05, 3.63) is 29.0 Å². The van der Waals surface area contributed by atoms with Crippen molar-refractivity contribution < 1.29 is 4.74 Å². The van der Waals surface area contributed by atoms with Crippen LogP contribution in [0, 0.1) is 11.3 Å². The summed E-state index contributed by atoms with van der Waals surface area (Å²) in [5, 5.41) is 4.40. The molecule has 0 saturated heterocycles. The lowest BCUT2D eigenvalue weighted by Gasteiger charge is -2.56. The highest BCUT2D eigenvalue weighted by Crippen LogP contribution is 2.46. The molecule has 4 nitrogen and oxygen atoms in total. The molecule has 0 unspecified atom stereocenters. The molecule has 0 radical (unpaired) electrons. The van der Waals surface area contributed by atoms with Crippen LogP contribution in [0.3, 0.4) is 0 Å². The molecule has 5 heteroatoms. The molecule has 0 bridgehead atoms. The van der Waals surface area contributed by atoms with Gasteiger partial charge in [0, 0.05) is 30.6 Å². The smallest absolute Gasteiger partial charge is 0.123 e. The zero-order valence-electron chi connectivity index (χ0n) is 13.9. The number of fused-ring (bicyclic) bond motifs is 1. The topological polar surface area (TPSA) is 39.1 Å². The van der Waals surface area contributed by atoms with Crippen LogP contribution in [0.2, 0.25) is 5.02 Å². The first-order valence-corrected chi connectivity index (χ1v) is 8.11. The Labute approximate surface area is 136 Å². The van der Waals surface area contributed by atoms with E-state index in [9.17, 15) is 0 Å². The Bertz CT molecular complexity index is 695. The number of hydrogen-bond donors (Lipinski definition) is 1. The van der Waals surface area contributed by atoms with Crippen molar-refractivity contribution in [1.29, 1.82) is 0 Å². The van der Waals surface area contributed by atoms with Gasteiger partial charge < -0.3 is 14.6 Å². The zero-order valence-corrected chi connectivity index (χ0v) is 14.6. The molecule has 1 aliphatic rings. The lowest BCUT2D eigenvalue weighted by atomic mass is 9.58. The molecule has 1 saturated carbocycles. The van der Waals surface area contributed by atoms with Crippen LogP contribution in [0.4, 0.5) is 0 Å². The summed E-state index contributed by atoms with van der Waals surface area (Å²) in [4.78, 5) is 4.71. The highest BCUT2D eigenvalue weighted by Gasteiger charge is 2.54. The molecule has 1 aromatic heterocycles. The minimum absolute atomic E-state index is 0.141. The number of aromatic nitrogens is 2. The van der Waals surface area contributed by atoms with Gasteiger partial charge in [0.05, 0.1) is 23.7 Å². The normalized spacial score (nSPS) is 27.1. The molecular formula is C17H24ClN3O. The van der Waals surface area contributed by atoms with Crippen LogP contribution in [-0.4, -0.2) is 28.8 Å². The molecule has 1 aliphatic carbocycles. The lowest BCUT2D eigenvalue weighted by molar-refractivity contribution is -0.145. The maximum Gasteiger partial charge on any atom is 0.123 e. The fourth-order valence-electron chi connectivity index (χ4n) is 4.13. The third-order valence-corrected chi connectivity index (χ3v) is 5.44. The largest absolute Gasteiger partial charge is 0.380 e. The molecule has 1 N–H and O–H groups in total. The second-order valence-electron chi connectivity index (χ2n) is 6.92. The van der Waals surface area contributed by atoms with Gasteiger partial charge in [0.2, 0.25) is 0 Å². The Balaban J connectivity index is 1.76. The number of ether oxygens (including phenoxy) is 1. The van der Waals surface area contributed by atoms with Gasteiger partial charge in [0.15, 0.2) is 0 Å². The number of rotatable bonds is 4. The Morgan fingerprint density at radius 3 is 2.77 bits per heavy atom. The van der Waals surface area contributed by atoms with E-state index in [2.05, 4.69) is 30.7 Å². The van der Waals surface area contributed by atoms with Gasteiger partial charge in [-0.25, -0.2) is 4.98 Å². The molecule has 22 heavy (non-hydrogen) atoms. The van der Waals surface area contributed by atoms with E-state index in [0.717, 1.165) is 28.4 Å². The molecule has 3 atom stereocenters. The van der Waals surface area contributed by atoms with E-state index in [-0.39, 0.29) is 5.41 Å². The summed E-state index contributed by atoms with van der Waals surface area (Å²) in [5.74, 6) is 1.53. The average Bonchev–Trinajstić information content (AvgIpc) is 2.76. The number of aryl methyl sites for hydroxylation is 1. The molecule has 1 fully saturated rings. The fraction of sp³-hybridized carbons (Fsp3) is 0.588. The van der Waals surface area contributed by atoms with Crippen molar-refractivity contribution in [3.8, 4) is 0 Å². The summed E-state index contributed by atoms with van der Waals surface area (Å²) < 4.78 is 7.71. The Kier molecular flexibility index (Phi) is 3.96. The molecule has 0 amide bonds. The molecule has 0 aliphatic heterocycles. The van der Waals surface area contributed by atoms with Gasteiger partial charge in [0.1, 0.15) is 5.82 Å². The Morgan fingerprint density at radius 2 is 2.14 bits per heavy atom. The molecule has 0 spiro atoms. The van der Waals surface area contributed by atoms with Crippen molar-refractivity contribution in [2.24, 2.45) is 18.4 Å². The Hall–Kier alpha value is -1.10. The number of hydrogen-bond acceptors (Lipinski definition) is 3. The van der Waals surface area contributed by atoms with Crippen molar-refractivity contribution in [2.75, 3.05) is 7.11 Å². The summed E-state index contributed by atoms with van der Waals surface area (Å²) in [6.45, 7) is 7.50. The lowest BCUT2D eigenvalue weighted by Crippen LogP contribution is -2.66. The molecule has 2 aromatic rings. The maximum atomic E-state index is 6.08. The highest BCUT2D eigenvalue weighted by molar-refractivity contribution is 6.31. The van der Waals surface area contributed by atoms with Crippen LogP contribution in [0.25, 0.3) is 11.0 Å². The number of benzene rings is 1. The second-order valence-corrected chi connectivity index (χ2v) is 7.35. The number of nitrogens with one attached hydrogen (secondary N) is 1. The quantitative estimate of drug-likeness (QED) is 0.938. The monoisotopic (exact) mass is 321 g/mol. The maximum absolute atomic E-state index is 6.08. The van der Waals surface area contributed by atoms with Gasteiger partial charge in [-0.1, -0.05) is 32.4 Å². The summed E-state index contributed by atoms with van der Waals surface area (Å²) >= 11 is 6.08. The third kappa shape index (κ3) is 2.34.